The fourth-order valence-electron chi connectivity index (χ4n) is 2.15. The summed E-state index contributed by atoms with van der Waals surface area (Å²) in [6.07, 6.45) is 0. The molecule has 6 heteroatoms. The van der Waals surface area contributed by atoms with E-state index in [9.17, 15) is 9.59 Å². The number of anilines is 1. The van der Waals surface area contributed by atoms with Crippen LogP contribution in [0.15, 0.2) is 24.3 Å². The van der Waals surface area contributed by atoms with Gasteiger partial charge in [-0.25, -0.2) is 4.79 Å². The quantitative estimate of drug-likeness (QED) is 0.754. The minimum Gasteiger partial charge on any atom is -0.353 e. The van der Waals surface area contributed by atoms with Crippen molar-refractivity contribution in [3.8, 4) is 0 Å². The van der Waals surface area contributed by atoms with Gasteiger partial charge in [0.15, 0.2) is 0 Å². The molecule has 1 aliphatic rings. The van der Waals surface area contributed by atoms with Gasteiger partial charge in [-0.3, -0.25) is 4.79 Å². The van der Waals surface area contributed by atoms with Crippen LogP contribution >= 0.6 is 0 Å². The number of nitrogens with zero attached hydrogens (tertiary/aromatic N) is 1. The summed E-state index contributed by atoms with van der Waals surface area (Å²) < 4.78 is 0. The van der Waals surface area contributed by atoms with Crippen LogP contribution in [0, 0.1) is 0 Å². The third-order valence-corrected chi connectivity index (χ3v) is 3.42. The molecule has 2 atom stereocenters. The Kier molecular flexibility index (Phi) is 4.24. The molecule has 4 N–H and O–H groups in total. The summed E-state index contributed by atoms with van der Waals surface area (Å²) in [5, 5.41) is 5.54. The molecule has 6 nitrogen and oxygen atoms in total. The zero-order chi connectivity index (χ0) is 14.7. The van der Waals surface area contributed by atoms with E-state index in [-0.39, 0.29) is 18.0 Å². The number of nitrogens with one attached hydrogen (secondary N) is 2. The van der Waals surface area contributed by atoms with Crippen molar-refractivity contribution in [1.29, 1.82) is 0 Å². The van der Waals surface area contributed by atoms with Gasteiger partial charge in [0.25, 0.3) is 0 Å². The topological polar surface area (TPSA) is 87.5 Å². The van der Waals surface area contributed by atoms with Crippen molar-refractivity contribution in [2.75, 3.05) is 18.4 Å². The van der Waals surface area contributed by atoms with Gasteiger partial charge in [0.2, 0.25) is 5.91 Å². The van der Waals surface area contributed by atoms with E-state index in [0.717, 1.165) is 5.56 Å². The largest absolute Gasteiger partial charge is 0.353 e. The second-order valence-corrected chi connectivity index (χ2v) is 5.00. The van der Waals surface area contributed by atoms with Gasteiger partial charge in [-0.05, 0) is 31.5 Å². The predicted molar refractivity (Wildman–Crippen MR) is 77.2 cm³/mol. The molecule has 3 amide bonds. The SMILES string of the molecule is CC(N)c1cccc(NC(=O)N2CCNC(=O)C2C)c1. The summed E-state index contributed by atoms with van der Waals surface area (Å²) in [5.74, 6) is -0.129. The van der Waals surface area contributed by atoms with E-state index in [1.54, 1.807) is 13.0 Å². The summed E-state index contributed by atoms with van der Waals surface area (Å²) in [5.41, 5.74) is 7.45. The predicted octanol–water partition coefficient (Wildman–Crippen LogP) is 1.06. The van der Waals surface area contributed by atoms with Gasteiger partial charge < -0.3 is 21.3 Å². The highest BCUT2D eigenvalue weighted by Crippen LogP contribution is 2.16. The van der Waals surface area contributed by atoms with Crippen molar-refractivity contribution in [1.82, 2.24) is 10.2 Å². The van der Waals surface area contributed by atoms with Gasteiger partial charge in [0, 0.05) is 24.8 Å². The maximum Gasteiger partial charge on any atom is 0.322 e. The zero-order valence-corrected chi connectivity index (χ0v) is 11.7. The lowest BCUT2D eigenvalue weighted by Crippen LogP contribution is -2.56. The first-order valence-electron chi connectivity index (χ1n) is 6.70. The first-order chi connectivity index (χ1) is 9.49. The highest BCUT2D eigenvalue weighted by molar-refractivity contribution is 5.94. The Morgan fingerprint density at radius 2 is 2.30 bits per heavy atom. The average molecular weight is 276 g/mol. The first-order valence-corrected chi connectivity index (χ1v) is 6.70. The number of piperazine rings is 1. The lowest BCUT2D eigenvalue weighted by atomic mass is 10.1. The van der Waals surface area contributed by atoms with Gasteiger partial charge in [-0.1, -0.05) is 12.1 Å². The summed E-state index contributed by atoms with van der Waals surface area (Å²) >= 11 is 0. The van der Waals surface area contributed by atoms with Crippen LogP contribution in [-0.2, 0) is 4.79 Å². The summed E-state index contributed by atoms with van der Waals surface area (Å²) in [6, 6.07) is 6.59. The summed E-state index contributed by atoms with van der Waals surface area (Å²) in [4.78, 5) is 25.3. The summed E-state index contributed by atoms with van der Waals surface area (Å²) in [7, 11) is 0. The molecule has 0 radical (unpaired) electrons. The Morgan fingerprint density at radius 1 is 1.55 bits per heavy atom. The number of hydrogen-bond donors (Lipinski definition) is 3. The fourth-order valence-corrected chi connectivity index (χ4v) is 2.15. The minimum absolute atomic E-state index is 0.0912. The number of rotatable bonds is 2. The molecule has 0 saturated carbocycles. The van der Waals surface area contributed by atoms with Crippen molar-refractivity contribution in [3.05, 3.63) is 29.8 Å². The number of carbonyl (C=O) groups is 2. The van der Waals surface area contributed by atoms with Gasteiger partial charge in [0.05, 0.1) is 0 Å². The molecule has 0 aliphatic carbocycles. The van der Waals surface area contributed by atoms with Crippen molar-refractivity contribution in [2.24, 2.45) is 5.73 Å². The standard InChI is InChI=1S/C14H20N4O2/c1-9(15)11-4-3-5-12(8-11)17-14(20)18-7-6-16-13(19)10(18)2/h3-5,8-10H,6-7,15H2,1-2H3,(H,16,19)(H,17,20). The molecular formula is C14H20N4O2. The van der Waals surface area contributed by atoms with Crippen LogP contribution in [0.5, 0.6) is 0 Å². The van der Waals surface area contributed by atoms with E-state index in [0.29, 0.717) is 18.8 Å². The molecule has 1 heterocycles. The van der Waals surface area contributed by atoms with Gasteiger partial charge >= 0.3 is 6.03 Å². The van der Waals surface area contributed by atoms with Crippen LogP contribution in [0.25, 0.3) is 0 Å². The van der Waals surface area contributed by atoms with Crippen molar-refractivity contribution in [3.63, 3.8) is 0 Å². The van der Waals surface area contributed by atoms with E-state index in [1.165, 1.54) is 4.90 Å². The van der Waals surface area contributed by atoms with Gasteiger partial charge in [0.1, 0.15) is 6.04 Å². The molecule has 20 heavy (non-hydrogen) atoms. The number of benzene rings is 1. The monoisotopic (exact) mass is 276 g/mol. The normalized spacial score (nSPS) is 20.2. The lowest BCUT2D eigenvalue weighted by molar-refractivity contribution is -0.126. The third-order valence-electron chi connectivity index (χ3n) is 3.42. The van der Waals surface area contributed by atoms with Crippen LogP contribution in [0.2, 0.25) is 0 Å². The molecule has 2 unspecified atom stereocenters. The van der Waals surface area contributed by atoms with Crippen LogP contribution < -0.4 is 16.4 Å². The Balaban J connectivity index is 2.07. The second-order valence-electron chi connectivity index (χ2n) is 5.00. The van der Waals surface area contributed by atoms with Crippen LogP contribution in [0.4, 0.5) is 10.5 Å². The van der Waals surface area contributed by atoms with Crippen LogP contribution in [0.3, 0.4) is 0 Å². The van der Waals surface area contributed by atoms with E-state index in [2.05, 4.69) is 10.6 Å². The van der Waals surface area contributed by atoms with E-state index < -0.39 is 6.04 Å². The molecule has 1 aliphatic heterocycles. The number of urea groups is 1. The van der Waals surface area contributed by atoms with E-state index >= 15 is 0 Å². The molecule has 1 saturated heterocycles. The maximum atomic E-state index is 12.2. The zero-order valence-electron chi connectivity index (χ0n) is 11.7. The molecule has 1 fully saturated rings. The van der Waals surface area contributed by atoms with E-state index in [4.69, 9.17) is 5.73 Å². The molecule has 1 aromatic carbocycles. The summed E-state index contributed by atoms with van der Waals surface area (Å²) in [6.45, 7) is 4.59. The van der Waals surface area contributed by atoms with Crippen molar-refractivity contribution in [2.45, 2.75) is 25.9 Å². The van der Waals surface area contributed by atoms with Crippen LogP contribution in [0.1, 0.15) is 25.5 Å². The lowest BCUT2D eigenvalue weighted by Gasteiger charge is -2.32. The Bertz CT molecular complexity index is 516. The molecule has 108 valence electrons. The highest BCUT2D eigenvalue weighted by atomic mass is 16.2. The average Bonchev–Trinajstić information content (AvgIpc) is 2.42. The number of carbonyl (C=O) groups excluding carboxylic acids is 2. The Morgan fingerprint density at radius 3 is 3.00 bits per heavy atom. The second kappa shape index (κ2) is 5.92. The van der Waals surface area contributed by atoms with E-state index in [1.807, 2.05) is 25.1 Å². The van der Waals surface area contributed by atoms with Gasteiger partial charge in [-0.2, -0.15) is 0 Å². The number of hydrogen-bond acceptors (Lipinski definition) is 3. The Labute approximate surface area is 118 Å². The molecule has 1 aromatic rings. The molecular weight excluding hydrogens is 256 g/mol. The molecule has 0 spiro atoms. The smallest absolute Gasteiger partial charge is 0.322 e. The molecule has 0 bridgehead atoms. The van der Waals surface area contributed by atoms with Crippen molar-refractivity contribution < 1.29 is 9.59 Å². The molecule has 0 aromatic heterocycles. The van der Waals surface area contributed by atoms with Crippen LogP contribution in [-0.4, -0.2) is 36.0 Å². The number of amides is 3. The first kappa shape index (κ1) is 14.3. The minimum atomic E-state index is -0.458. The third kappa shape index (κ3) is 3.08. The molecule has 2 rings (SSSR count). The fraction of sp³-hybridized carbons (Fsp3) is 0.429. The highest BCUT2D eigenvalue weighted by Gasteiger charge is 2.29. The van der Waals surface area contributed by atoms with Gasteiger partial charge in [-0.15, -0.1) is 0 Å². The maximum absolute atomic E-state index is 12.2. The van der Waals surface area contributed by atoms with Crippen molar-refractivity contribution >= 4 is 17.6 Å². The number of nitrogens with two attached hydrogens (primary N) is 1. The Hall–Kier alpha value is -2.08.